The Bertz CT molecular complexity index is 378. The molecular weight excluding hydrogens is 262 g/mol. The van der Waals surface area contributed by atoms with Crippen molar-refractivity contribution >= 4 is 5.97 Å². The third-order valence-corrected chi connectivity index (χ3v) is 3.55. The highest BCUT2D eigenvalue weighted by Gasteiger charge is 2.10. The van der Waals surface area contributed by atoms with E-state index >= 15 is 0 Å². The van der Waals surface area contributed by atoms with Crippen LogP contribution in [0.5, 0.6) is 0 Å². The molecule has 1 aromatic rings. The van der Waals surface area contributed by atoms with E-state index in [1.54, 1.807) is 0 Å². The van der Waals surface area contributed by atoms with E-state index in [0.29, 0.717) is 19.1 Å². The van der Waals surface area contributed by atoms with Gasteiger partial charge in [-0.1, -0.05) is 56.5 Å². The second-order valence-electron chi connectivity index (χ2n) is 5.32. The second kappa shape index (κ2) is 11.3. The highest BCUT2D eigenvalue weighted by molar-refractivity contribution is 5.69. The third kappa shape index (κ3) is 7.86. The molecule has 0 aliphatic carbocycles. The quantitative estimate of drug-likeness (QED) is 0.489. The molecule has 118 valence electrons. The van der Waals surface area contributed by atoms with Crippen LogP contribution in [0.15, 0.2) is 30.3 Å². The minimum Gasteiger partial charge on any atom is -0.466 e. The molecule has 1 N–H and O–H groups in total. The molecule has 1 unspecified atom stereocenters. The number of unbranched alkanes of at least 4 members (excludes halogenated alkanes) is 2. The number of benzene rings is 1. The fourth-order valence-corrected chi connectivity index (χ4v) is 2.41. The Morgan fingerprint density at radius 1 is 1.14 bits per heavy atom. The van der Waals surface area contributed by atoms with Crippen LogP contribution in [0.2, 0.25) is 0 Å². The van der Waals surface area contributed by atoms with Gasteiger partial charge >= 0.3 is 5.97 Å². The average molecular weight is 291 g/mol. The third-order valence-electron chi connectivity index (χ3n) is 3.55. The van der Waals surface area contributed by atoms with Crippen LogP contribution in [-0.2, 0) is 9.53 Å². The zero-order chi connectivity index (χ0) is 15.3. The molecule has 0 amide bonds. The first-order chi connectivity index (χ1) is 10.3. The Kier molecular flexibility index (Phi) is 9.55. The van der Waals surface area contributed by atoms with Gasteiger partial charge in [0.25, 0.3) is 0 Å². The molecule has 1 aromatic carbocycles. The molecule has 0 bridgehead atoms. The minimum atomic E-state index is -0.0958. The standard InChI is InChI=1S/C18H29NO2/c1-3-5-7-13-17(16-11-8-6-9-12-16)19-15-10-14-18(20)21-4-2/h6,8-9,11-12,17,19H,3-5,7,10,13-15H2,1-2H3. The van der Waals surface area contributed by atoms with Crippen LogP contribution in [0.3, 0.4) is 0 Å². The van der Waals surface area contributed by atoms with Gasteiger partial charge in [-0.25, -0.2) is 0 Å². The van der Waals surface area contributed by atoms with Crippen molar-refractivity contribution in [3.05, 3.63) is 35.9 Å². The van der Waals surface area contributed by atoms with Crippen molar-refractivity contribution in [2.75, 3.05) is 13.2 Å². The van der Waals surface area contributed by atoms with Crippen LogP contribution < -0.4 is 5.32 Å². The summed E-state index contributed by atoms with van der Waals surface area (Å²) < 4.78 is 4.95. The van der Waals surface area contributed by atoms with Crippen molar-refractivity contribution in [1.29, 1.82) is 0 Å². The molecule has 0 saturated heterocycles. The van der Waals surface area contributed by atoms with Gasteiger partial charge < -0.3 is 10.1 Å². The van der Waals surface area contributed by atoms with Crippen LogP contribution in [0, 0.1) is 0 Å². The van der Waals surface area contributed by atoms with Crippen LogP contribution in [-0.4, -0.2) is 19.1 Å². The van der Waals surface area contributed by atoms with E-state index in [1.807, 2.05) is 13.0 Å². The zero-order valence-corrected chi connectivity index (χ0v) is 13.4. The van der Waals surface area contributed by atoms with E-state index < -0.39 is 0 Å². The predicted octanol–water partition coefficient (Wildman–Crippen LogP) is 4.24. The average Bonchev–Trinajstić information content (AvgIpc) is 2.51. The summed E-state index contributed by atoms with van der Waals surface area (Å²) in [4.78, 5) is 11.3. The maximum atomic E-state index is 11.3. The summed E-state index contributed by atoms with van der Waals surface area (Å²) in [7, 11) is 0. The fourth-order valence-electron chi connectivity index (χ4n) is 2.41. The molecule has 0 aliphatic rings. The Labute approximate surface area is 129 Å². The molecule has 0 spiro atoms. The lowest BCUT2D eigenvalue weighted by molar-refractivity contribution is -0.143. The molecule has 1 atom stereocenters. The molecule has 21 heavy (non-hydrogen) atoms. The number of carbonyl (C=O) groups is 1. The maximum Gasteiger partial charge on any atom is 0.305 e. The number of hydrogen-bond acceptors (Lipinski definition) is 3. The molecule has 0 radical (unpaired) electrons. The summed E-state index contributed by atoms with van der Waals surface area (Å²) in [5, 5.41) is 3.58. The van der Waals surface area contributed by atoms with Gasteiger partial charge in [0.15, 0.2) is 0 Å². The van der Waals surface area contributed by atoms with Crippen LogP contribution in [0.1, 0.15) is 64.0 Å². The molecule has 1 rings (SSSR count). The molecule has 0 aromatic heterocycles. The van der Waals surface area contributed by atoms with Gasteiger partial charge in [0.1, 0.15) is 0 Å². The Balaban J connectivity index is 2.37. The van der Waals surface area contributed by atoms with Gasteiger partial charge in [-0.3, -0.25) is 4.79 Å². The van der Waals surface area contributed by atoms with E-state index in [2.05, 4.69) is 36.5 Å². The molecule has 3 heteroatoms. The lowest BCUT2D eigenvalue weighted by Crippen LogP contribution is -2.23. The normalized spacial score (nSPS) is 12.1. The van der Waals surface area contributed by atoms with E-state index in [1.165, 1.54) is 24.8 Å². The minimum absolute atomic E-state index is 0.0958. The molecule has 0 saturated carbocycles. The molecule has 3 nitrogen and oxygen atoms in total. The Morgan fingerprint density at radius 2 is 1.90 bits per heavy atom. The first-order valence-electron chi connectivity index (χ1n) is 8.21. The van der Waals surface area contributed by atoms with Crippen molar-refractivity contribution in [3.63, 3.8) is 0 Å². The SMILES string of the molecule is CCCCCC(NCCCC(=O)OCC)c1ccccc1. The smallest absolute Gasteiger partial charge is 0.305 e. The number of carbonyl (C=O) groups excluding carboxylic acids is 1. The maximum absolute atomic E-state index is 11.3. The summed E-state index contributed by atoms with van der Waals surface area (Å²) in [6.07, 6.45) is 6.23. The van der Waals surface area contributed by atoms with Crippen molar-refractivity contribution in [1.82, 2.24) is 5.32 Å². The number of esters is 1. The lowest BCUT2D eigenvalue weighted by atomic mass is 10.0. The van der Waals surface area contributed by atoms with E-state index in [0.717, 1.165) is 19.4 Å². The molecule has 0 aliphatic heterocycles. The Hall–Kier alpha value is -1.35. The van der Waals surface area contributed by atoms with Crippen molar-refractivity contribution in [2.24, 2.45) is 0 Å². The number of nitrogens with one attached hydrogen (secondary N) is 1. The van der Waals surface area contributed by atoms with Crippen LogP contribution >= 0.6 is 0 Å². The highest BCUT2D eigenvalue weighted by Crippen LogP contribution is 2.19. The predicted molar refractivity (Wildman–Crippen MR) is 87.2 cm³/mol. The van der Waals surface area contributed by atoms with Gasteiger partial charge in [0.2, 0.25) is 0 Å². The van der Waals surface area contributed by atoms with Crippen LogP contribution in [0.4, 0.5) is 0 Å². The van der Waals surface area contributed by atoms with Gasteiger partial charge in [-0.15, -0.1) is 0 Å². The first kappa shape index (κ1) is 17.7. The second-order valence-corrected chi connectivity index (χ2v) is 5.32. The van der Waals surface area contributed by atoms with Crippen molar-refractivity contribution in [2.45, 2.75) is 58.4 Å². The zero-order valence-electron chi connectivity index (χ0n) is 13.4. The summed E-state index contributed by atoms with van der Waals surface area (Å²) in [5.74, 6) is -0.0958. The van der Waals surface area contributed by atoms with Gasteiger partial charge in [-0.05, 0) is 31.9 Å². The van der Waals surface area contributed by atoms with Crippen molar-refractivity contribution < 1.29 is 9.53 Å². The summed E-state index contributed by atoms with van der Waals surface area (Å²) in [5.41, 5.74) is 1.34. The molecule has 0 heterocycles. The number of hydrogen-bond donors (Lipinski definition) is 1. The lowest BCUT2D eigenvalue weighted by Gasteiger charge is -2.19. The first-order valence-corrected chi connectivity index (χ1v) is 8.21. The summed E-state index contributed by atoms with van der Waals surface area (Å²) in [6.45, 7) is 5.39. The monoisotopic (exact) mass is 291 g/mol. The van der Waals surface area contributed by atoms with Crippen molar-refractivity contribution in [3.8, 4) is 0 Å². The number of rotatable bonds is 11. The van der Waals surface area contributed by atoms with Gasteiger partial charge in [-0.2, -0.15) is 0 Å². The van der Waals surface area contributed by atoms with Gasteiger partial charge in [0.05, 0.1) is 6.61 Å². The van der Waals surface area contributed by atoms with E-state index in [9.17, 15) is 4.79 Å². The summed E-state index contributed by atoms with van der Waals surface area (Å²) in [6, 6.07) is 11.0. The van der Waals surface area contributed by atoms with Gasteiger partial charge in [0, 0.05) is 12.5 Å². The largest absolute Gasteiger partial charge is 0.466 e. The van der Waals surface area contributed by atoms with E-state index in [-0.39, 0.29) is 5.97 Å². The Morgan fingerprint density at radius 3 is 2.57 bits per heavy atom. The molecular formula is C18H29NO2. The highest BCUT2D eigenvalue weighted by atomic mass is 16.5. The summed E-state index contributed by atoms with van der Waals surface area (Å²) >= 11 is 0. The molecule has 0 fully saturated rings. The van der Waals surface area contributed by atoms with E-state index in [4.69, 9.17) is 4.74 Å². The topological polar surface area (TPSA) is 38.3 Å². The fraction of sp³-hybridized carbons (Fsp3) is 0.611. The van der Waals surface area contributed by atoms with Crippen LogP contribution in [0.25, 0.3) is 0 Å². The number of ether oxygens (including phenoxy) is 1.